The molecule has 0 unspecified atom stereocenters. The van der Waals surface area contributed by atoms with Crippen LogP contribution >= 0.6 is 23.2 Å². The second-order valence-corrected chi connectivity index (χ2v) is 4.05. The summed E-state index contributed by atoms with van der Waals surface area (Å²) in [5.74, 6) is -0.117. The van der Waals surface area contributed by atoms with Crippen LogP contribution < -0.4 is 5.32 Å². The molecule has 0 saturated heterocycles. The number of pyridine rings is 1. The number of anilines is 1. The van der Waals surface area contributed by atoms with Gasteiger partial charge in [-0.05, 0) is 25.0 Å². The fourth-order valence-corrected chi connectivity index (χ4v) is 1.76. The van der Waals surface area contributed by atoms with Gasteiger partial charge in [-0.1, -0.05) is 29.3 Å². The normalized spacial score (nSPS) is 9.94. The van der Waals surface area contributed by atoms with Gasteiger partial charge >= 0.3 is 0 Å². The van der Waals surface area contributed by atoms with Crippen LogP contribution in [0.1, 0.15) is 18.4 Å². The molecular weight excluding hydrogens is 247 g/mol. The number of nitrogens with zero attached hydrogens (tertiary/aromatic N) is 1. The highest BCUT2D eigenvalue weighted by atomic mass is 35.5. The molecule has 0 aliphatic rings. The number of hydrogen-bond donors (Lipinski definition) is 1. The number of carbonyl (C=O) groups is 1. The fourth-order valence-electron chi connectivity index (χ4n) is 1.18. The Morgan fingerprint density at radius 2 is 2.31 bits per heavy atom. The van der Waals surface area contributed by atoms with E-state index in [4.69, 9.17) is 23.2 Å². The van der Waals surface area contributed by atoms with Gasteiger partial charge in [0.15, 0.2) is 5.15 Å². The maximum absolute atomic E-state index is 11.5. The van der Waals surface area contributed by atoms with Gasteiger partial charge in [-0.15, -0.1) is 6.58 Å². The van der Waals surface area contributed by atoms with Crippen molar-refractivity contribution in [1.29, 1.82) is 0 Å². The molecule has 1 aromatic rings. The Morgan fingerprint density at radius 1 is 1.62 bits per heavy atom. The molecule has 16 heavy (non-hydrogen) atoms. The summed E-state index contributed by atoms with van der Waals surface area (Å²) in [6, 6.07) is 1.65. The lowest BCUT2D eigenvalue weighted by molar-refractivity contribution is -0.116. The van der Waals surface area contributed by atoms with Crippen LogP contribution in [0.3, 0.4) is 0 Å². The number of aryl methyl sites for hydroxylation is 1. The highest BCUT2D eigenvalue weighted by Crippen LogP contribution is 2.26. The van der Waals surface area contributed by atoms with Crippen molar-refractivity contribution < 1.29 is 4.79 Å². The van der Waals surface area contributed by atoms with Gasteiger partial charge in [0, 0.05) is 6.42 Å². The minimum Gasteiger partial charge on any atom is -0.323 e. The van der Waals surface area contributed by atoms with Crippen molar-refractivity contribution in [1.82, 2.24) is 4.98 Å². The molecule has 0 atom stereocenters. The third-order valence-electron chi connectivity index (χ3n) is 1.98. The van der Waals surface area contributed by atoms with Crippen molar-refractivity contribution in [2.24, 2.45) is 0 Å². The van der Waals surface area contributed by atoms with Crippen LogP contribution in [-0.4, -0.2) is 10.9 Å². The molecule has 0 bridgehead atoms. The van der Waals surface area contributed by atoms with Crippen LogP contribution in [0.5, 0.6) is 0 Å². The average molecular weight is 259 g/mol. The van der Waals surface area contributed by atoms with Crippen molar-refractivity contribution in [3.63, 3.8) is 0 Å². The van der Waals surface area contributed by atoms with Crippen molar-refractivity contribution in [2.75, 3.05) is 5.32 Å². The molecule has 0 aliphatic carbocycles. The van der Waals surface area contributed by atoms with Crippen LogP contribution in [0.25, 0.3) is 0 Å². The fraction of sp³-hybridized carbons (Fsp3) is 0.273. The summed E-state index contributed by atoms with van der Waals surface area (Å²) in [7, 11) is 0. The van der Waals surface area contributed by atoms with Crippen molar-refractivity contribution in [2.45, 2.75) is 19.8 Å². The van der Waals surface area contributed by atoms with Crippen molar-refractivity contribution in [3.8, 4) is 0 Å². The average Bonchev–Trinajstić information content (AvgIpc) is 2.20. The third kappa shape index (κ3) is 3.51. The van der Waals surface area contributed by atoms with E-state index in [-0.39, 0.29) is 11.1 Å². The highest BCUT2D eigenvalue weighted by Gasteiger charge is 2.10. The molecule has 3 nitrogen and oxygen atoms in total. The number of rotatable bonds is 4. The van der Waals surface area contributed by atoms with E-state index in [0.29, 0.717) is 23.7 Å². The van der Waals surface area contributed by atoms with E-state index < -0.39 is 0 Å². The Bertz CT molecular complexity index is 395. The summed E-state index contributed by atoms with van der Waals surface area (Å²) in [4.78, 5) is 15.3. The topological polar surface area (TPSA) is 42.0 Å². The van der Waals surface area contributed by atoms with E-state index >= 15 is 0 Å². The van der Waals surface area contributed by atoms with Gasteiger partial charge in [0.2, 0.25) is 5.91 Å². The number of aromatic nitrogens is 1. The zero-order valence-electron chi connectivity index (χ0n) is 8.89. The first-order valence-electron chi connectivity index (χ1n) is 4.78. The molecular formula is C11H12Cl2N2O. The van der Waals surface area contributed by atoms with E-state index in [0.717, 1.165) is 5.56 Å². The van der Waals surface area contributed by atoms with Gasteiger partial charge in [0.1, 0.15) is 5.15 Å². The SMILES string of the molecule is C=CCCC(=O)Nc1c(C)cc(Cl)nc1Cl. The molecule has 1 amide bonds. The Hall–Kier alpha value is -1.06. The molecule has 1 N–H and O–H groups in total. The molecule has 0 radical (unpaired) electrons. The number of amides is 1. The predicted octanol–water partition coefficient (Wildman–Crippen LogP) is 3.60. The molecule has 5 heteroatoms. The molecule has 86 valence electrons. The molecule has 1 heterocycles. The monoisotopic (exact) mass is 258 g/mol. The Labute approximate surface area is 104 Å². The second kappa shape index (κ2) is 5.87. The Kier molecular flexibility index (Phi) is 4.77. The molecule has 0 fully saturated rings. The summed E-state index contributed by atoms with van der Waals surface area (Å²) < 4.78 is 0. The summed E-state index contributed by atoms with van der Waals surface area (Å²) in [6.07, 6.45) is 2.69. The lowest BCUT2D eigenvalue weighted by Crippen LogP contribution is -2.12. The van der Waals surface area contributed by atoms with Crippen LogP contribution in [0.15, 0.2) is 18.7 Å². The Morgan fingerprint density at radius 3 is 2.88 bits per heavy atom. The van der Waals surface area contributed by atoms with E-state index in [2.05, 4.69) is 16.9 Å². The molecule has 0 saturated carbocycles. The zero-order chi connectivity index (χ0) is 12.1. The minimum atomic E-state index is -0.117. The first kappa shape index (κ1) is 13.0. The predicted molar refractivity (Wildman–Crippen MR) is 67.1 cm³/mol. The molecule has 1 aromatic heterocycles. The van der Waals surface area contributed by atoms with E-state index in [1.807, 2.05) is 6.92 Å². The summed E-state index contributed by atoms with van der Waals surface area (Å²) >= 11 is 11.6. The summed E-state index contributed by atoms with van der Waals surface area (Å²) in [5.41, 5.74) is 1.30. The second-order valence-electron chi connectivity index (χ2n) is 3.30. The largest absolute Gasteiger partial charge is 0.323 e. The lowest BCUT2D eigenvalue weighted by Gasteiger charge is -2.09. The van der Waals surface area contributed by atoms with Crippen molar-refractivity contribution >= 4 is 34.8 Å². The summed E-state index contributed by atoms with van der Waals surface area (Å²) in [6.45, 7) is 5.36. The van der Waals surface area contributed by atoms with E-state index in [1.165, 1.54) is 0 Å². The number of carbonyl (C=O) groups excluding carboxylic acids is 1. The van der Waals surface area contributed by atoms with Crippen LogP contribution in [0, 0.1) is 6.92 Å². The van der Waals surface area contributed by atoms with Crippen molar-refractivity contribution in [3.05, 3.63) is 34.6 Å². The van der Waals surface area contributed by atoms with Gasteiger partial charge in [-0.2, -0.15) is 0 Å². The standard InChI is InChI=1S/C11H12Cl2N2O/c1-3-4-5-9(16)15-10-7(2)6-8(12)14-11(10)13/h3,6H,1,4-5H2,2H3,(H,15,16). The Balaban J connectivity index is 2.81. The minimum absolute atomic E-state index is 0.117. The zero-order valence-corrected chi connectivity index (χ0v) is 10.4. The number of allylic oxidation sites excluding steroid dienone is 1. The van der Waals surface area contributed by atoms with Crippen LogP contribution in [0.2, 0.25) is 10.3 Å². The first-order valence-corrected chi connectivity index (χ1v) is 5.53. The number of halogens is 2. The lowest BCUT2D eigenvalue weighted by atomic mass is 10.2. The number of hydrogen-bond acceptors (Lipinski definition) is 2. The van der Waals surface area contributed by atoms with Gasteiger partial charge in [-0.25, -0.2) is 4.98 Å². The molecule has 0 aliphatic heterocycles. The highest BCUT2D eigenvalue weighted by molar-refractivity contribution is 6.34. The van der Waals surface area contributed by atoms with Crippen LogP contribution in [0.4, 0.5) is 5.69 Å². The number of nitrogens with one attached hydrogen (secondary N) is 1. The van der Waals surface area contributed by atoms with Crippen LogP contribution in [-0.2, 0) is 4.79 Å². The third-order valence-corrected chi connectivity index (χ3v) is 2.45. The smallest absolute Gasteiger partial charge is 0.224 e. The van der Waals surface area contributed by atoms with Gasteiger partial charge in [0.25, 0.3) is 0 Å². The maximum Gasteiger partial charge on any atom is 0.224 e. The summed E-state index contributed by atoms with van der Waals surface area (Å²) in [5, 5.41) is 3.22. The molecule has 1 rings (SSSR count). The van der Waals surface area contributed by atoms with Gasteiger partial charge in [-0.3, -0.25) is 4.79 Å². The first-order chi connectivity index (χ1) is 7.54. The quantitative estimate of drug-likeness (QED) is 0.663. The maximum atomic E-state index is 11.5. The molecule has 0 spiro atoms. The van der Waals surface area contributed by atoms with Gasteiger partial charge < -0.3 is 5.32 Å². The van der Waals surface area contributed by atoms with Gasteiger partial charge in [0.05, 0.1) is 5.69 Å². The van der Waals surface area contributed by atoms with E-state index in [1.54, 1.807) is 12.1 Å². The van der Waals surface area contributed by atoms with E-state index in [9.17, 15) is 4.79 Å². The molecule has 0 aromatic carbocycles.